The Hall–Kier alpha value is -8.74. The van der Waals surface area contributed by atoms with Crippen molar-refractivity contribution in [2.75, 3.05) is 36.0 Å². The standard InChI is InChI=1S/C66H52N2O4/c1-5-67(6-2)47-33-31-43-37-57(65(69)71-59(43)39-47)41-19-17-21-45(35-41)61-49-23-9-13-27-53(49)63(54-28-14-10-24-50(54)61)64-55-29-15-11-25-51(55)62(52-26-12-16-30-56(52)64)46-22-18-20-42(36-46)58-38-44-32-34-48(68(7-3)8-4)40-60(44)72-66(58)70/h9-40H,5-8H2,1-4H3. The van der Waals surface area contributed by atoms with Crippen LogP contribution in [0.2, 0.25) is 0 Å². The van der Waals surface area contributed by atoms with Crippen LogP contribution in [0.4, 0.5) is 11.4 Å². The molecule has 12 aromatic rings. The number of hydrogen-bond donors (Lipinski definition) is 0. The van der Waals surface area contributed by atoms with Crippen molar-refractivity contribution in [3.8, 4) is 55.6 Å². The van der Waals surface area contributed by atoms with E-state index >= 15 is 0 Å². The van der Waals surface area contributed by atoms with Gasteiger partial charge in [-0.25, -0.2) is 9.59 Å². The van der Waals surface area contributed by atoms with Gasteiger partial charge in [0.25, 0.3) is 0 Å². The summed E-state index contributed by atoms with van der Waals surface area (Å²) in [5.74, 6) is 0. The minimum atomic E-state index is -0.362. The van der Waals surface area contributed by atoms with Gasteiger partial charge >= 0.3 is 11.3 Å². The Kier molecular flexibility index (Phi) is 11.2. The highest BCUT2D eigenvalue weighted by Gasteiger charge is 2.23. The van der Waals surface area contributed by atoms with Crippen LogP contribution in [-0.2, 0) is 0 Å². The van der Waals surface area contributed by atoms with E-state index in [0.29, 0.717) is 22.3 Å². The first-order chi connectivity index (χ1) is 35.3. The highest BCUT2D eigenvalue weighted by Crippen LogP contribution is 2.50. The van der Waals surface area contributed by atoms with Crippen LogP contribution in [0, 0.1) is 0 Å². The molecular weight excluding hydrogens is 885 g/mol. The molecule has 2 heterocycles. The fourth-order valence-corrected chi connectivity index (χ4v) is 11.3. The molecule has 6 nitrogen and oxygen atoms in total. The summed E-state index contributed by atoms with van der Waals surface area (Å²) >= 11 is 0. The van der Waals surface area contributed by atoms with E-state index in [4.69, 9.17) is 8.83 Å². The van der Waals surface area contributed by atoms with Crippen LogP contribution in [0.3, 0.4) is 0 Å². The lowest BCUT2D eigenvalue weighted by atomic mass is 9.81. The molecule has 2 aromatic heterocycles. The summed E-state index contributed by atoms with van der Waals surface area (Å²) in [5.41, 5.74) is 11.7. The second kappa shape index (κ2) is 18.2. The van der Waals surface area contributed by atoms with Crippen LogP contribution < -0.4 is 21.1 Å². The van der Waals surface area contributed by atoms with Crippen LogP contribution in [-0.4, -0.2) is 26.2 Å². The average molecular weight is 937 g/mol. The van der Waals surface area contributed by atoms with E-state index in [1.807, 2.05) is 60.7 Å². The summed E-state index contributed by atoms with van der Waals surface area (Å²) < 4.78 is 12.1. The van der Waals surface area contributed by atoms with Crippen LogP contribution in [0.25, 0.3) is 121 Å². The summed E-state index contributed by atoms with van der Waals surface area (Å²) in [6.45, 7) is 12.0. The number of rotatable bonds is 11. The first kappa shape index (κ1) is 44.5. The van der Waals surface area contributed by atoms with Gasteiger partial charge in [-0.05, 0) is 164 Å². The summed E-state index contributed by atoms with van der Waals surface area (Å²) in [7, 11) is 0. The summed E-state index contributed by atoms with van der Waals surface area (Å²) in [6, 6.07) is 67.7. The lowest BCUT2D eigenvalue weighted by Gasteiger charge is -2.22. The van der Waals surface area contributed by atoms with Crippen molar-refractivity contribution >= 4 is 76.4 Å². The lowest BCUT2D eigenvalue weighted by Crippen LogP contribution is -2.21. The van der Waals surface area contributed by atoms with Gasteiger partial charge in [-0.3, -0.25) is 0 Å². The molecule has 72 heavy (non-hydrogen) atoms. The molecule has 10 aromatic carbocycles. The first-order valence-electron chi connectivity index (χ1n) is 25.1. The Morgan fingerprint density at radius 1 is 0.319 bits per heavy atom. The highest BCUT2D eigenvalue weighted by atomic mass is 16.4. The van der Waals surface area contributed by atoms with E-state index < -0.39 is 0 Å². The van der Waals surface area contributed by atoms with Crippen molar-refractivity contribution in [2.45, 2.75) is 27.7 Å². The summed E-state index contributed by atoms with van der Waals surface area (Å²) in [6.07, 6.45) is 0. The highest BCUT2D eigenvalue weighted by molar-refractivity contribution is 6.30. The monoisotopic (exact) mass is 936 g/mol. The second-order valence-corrected chi connectivity index (χ2v) is 18.5. The number of anilines is 2. The molecule has 0 atom stereocenters. The molecule has 0 saturated carbocycles. The normalized spacial score (nSPS) is 11.7. The summed E-state index contributed by atoms with van der Waals surface area (Å²) in [4.78, 5) is 32.2. The van der Waals surface area contributed by atoms with E-state index in [1.54, 1.807) is 0 Å². The molecule has 6 heteroatoms. The Morgan fingerprint density at radius 3 is 0.944 bits per heavy atom. The number of nitrogens with zero attached hydrogens (tertiary/aromatic N) is 2. The van der Waals surface area contributed by atoms with Gasteiger partial charge in [-0.15, -0.1) is 0 Å². The number of fused-ring (bicyclic) bond motifs is 6. The Morgan fingerprint density at radius 2 is 0.625 bits per heavy atom. The van der Waals surface area contributed by atoms with Gasteiger partial charge in [-0.2, -0.15) is 0 Å². The Labute approximate surface area is 417 Å². The molecule has 0 amide bonds. The quantitative estimate of drug-likeness (QED) is 0.0951. The van der Waals surface area contributed by atoms with Gasteiger partial charge in [0.1, 0.15) is 11.2 Å². The van der Waals surface area contributed by atoms with Crippen LogP contribution in [0.5, 0.6) is 0 Å². The molecule has 0 aliphatic carbocycles. The molecule has 0 unspecified atom stereocenters. The summed E-state index contributed by atoms with van der Waals surface area (Å²) in [5, 5.41) is 10.7. The molecule has 0 aliphatic heterocycles. The molecule has 0 aliphatic rings. The molecule has 12 rings (SSSR count). The van der Waals surface area contributed by atoms with E-state index in [9.17, 15) is 9.59 Å². The van der Waals surface area contributed by atoms with Crippen molar-refractivity contribution in [1.82, 2.24) is 0 Å². The third-order valence-electron chi connectivity index (χ3n) is 14.7. The lowest BCUT2D eigenvalue weighted by molar-refractivity contribution is 0.563. The van der Waals surface area contributed by atoms with Crippen molar-refractivity contribution in [3.63, 3.8) is 0 Å². The molecule has 350 valence electrons. The zero-order valence-electron chi connectivity index (χ0n) is 40.8. The largest absolute Gasteiger partial charge is 0.422 e. The van der Waals surface area contributed by atoms with E-state index in [-0.39, 0.29) is 11.3 Å². The molecule has 0 spiro atoms. The van der Waals surface area contributed by atoms with Gasteiger partial charge < -0.3 is 18.6 Å². The van der Waals surface area contributed by atoms with Crippen LogP contribution in [0.1, 0.15) is 27.7 Å². The first-order valence-corrected chi connectivity index (χ1v) is 25.1. The maximum absolute atomic E-state index is 13.8. The predicted molar refractivity (Wildman–Crippen MR) is 303 cm³/mol. The van der Waals surface area contributed by atoms with E-state index in [2.05, 4.69) is 171 Å². The fraction of sp³-hybridized carbons (Fsp3) is 0.121. The molecular formula is C66H52N2O4. The smallest absolute Gasteiger partial charge is 0.344 e. The minimum Gasteiger partial charge on any atom is -0.422 e. The molecule has 0 radical (unpaired) electrons. The number of benzene rings is 10. The second-order valence-electron chi connectivity index (χ2n) is 18.5. The van der Waals surface area contributed by atoms with Gasteiger partial charge in [0.15, 0.2) is 0 Å². The Balaban J connectivity index is 1.03. The molecule has 0 saturated heterocycles. The van der Waals surface area contributed by atoms with Gasteiger partial charge in [0.2, 0.25) is 0 Å². The topological polar surface area (TPSA) is 66.9 Å². The Bertz CT molecular complexity index is 3850. The van der Waals surface area contributed by atoms with Crippen LogP contribution in [0.15, 0.2) is 213 Å². The van der Waals surface area contributed by atoms with Crippen molar-refractivity contribution < 1.29 is 8.83 Å². The zero-order valence-corrected chi connectivity index (χ0v) is 40.8. The molecule has 0 N–H and O–H groups in total. The van der Waals surface area contributed by atoms with Crippen molar-refractivity contribution in [1.29, 1.82) is 0 Å². The van der Waals surface area contributed by atoms with Gasteiger partial charge in [-0.1, -0.05) is 133 Å². The SMILES string of the molecule is CCN(CC)c1ccc2cc(-c3cccc(-c4c5ccccc5c(-c5c6ccccc6c(-c6cccc(-c7cc8ccc(N(CC)CC)cc8oc7=O)c6)c6ccccc56)c5ccccc45)c3)c(=O)oc2c1. The van der Waals surface area contributed by atoms with E-state index in [1.165, 1.54) is 0 Å². The number of hydrogen-bond acceptors (Lipinski definition) is 6. The third-order valence-corrected chi connectivity index (χ3v) is 14.7. The van der Waals surface area contributed by atoms with Gasteiger partial charge in [0.05, 0.1) is 11.1 Å². The minimum absolute atomic E-state index is 0.362. The van der Waals surface area contributed by atoms with Crippen molar-refractivity contribution in [3.05, 3.63) is 215 Å². The molecule has 0 fully saturated rings. The predicted octanol–water partition coefficient (Wildman–Crippen LogP) is 16.5. The van der Waals surface area contributed by atoms with Gasteiger partial charge in [0, 0.05) is 60.5 Å². The maximum atomic E-state index is 13.8. The average Bonchev–Trinajstić information content (AvgIpc) is 3.42. The van der Waals surface area contributed by atoms with E-state index in [0.717, 1.165) is 136 Å². The zero-order chi connectivity index (χ0) is 49.0. The fourth-order valence-electron chi connectivity index (χ4n) is 11.3. The van der Waals surface area contributed by atoms with Crippen LogP contribution >= 0.6 is 0 Å². The third kappa shape index (κ3) is 7.41. The maximum Gasteiger partial charge on any atom is 0.344 e. The van der Waals surface area contributed by atoms with Crippen molar-refractivity contribution in [2.24, 2.45) is 0 Å². The molecule has 0 bridgehead atoms.